The van der Waals surface area contributed by atoms with Gasteiger partial charge in [-0.3, -0.25) is 29.3 Å². The maximum atomic E-state index is 13.0. The number of carbonyl (C=O) groups excluding carboxylic acids is 3. The van der Waals surface area contributed by atoms with Gasteiger partial charge in [0.05, 0.1) is 17.8 Å². The summed E-state index contributed by atoms with van der Waals surface area (Å²) in [5.41, 5.74) is 3.30. The van der Waals surface area contributed by atoms with Gasteiger partial charge in [-0.2, -0.15) is 5.10 Å². The fourth-order valence-electron chi connectivity index (χ4n) is 4.80. The van der Waals surface area contributed by atoms with Crippen molar-refractivity contribution < 1.29 is 14.4 Å². The molecule has 4 heterocycles. The fraction of sp³-hybridized carbons (Fsp3) is 0.417. The van der Waals surface area contributed by atoms with Crippen LogP contribution in [0.1, 0.15) is 40.7 Å². The Morgan fingerprint density at radius 3 is 2.82 bits per heavy atom. The second-order valence-corrected chi connectivity index (χ2v) is 8.82. The number of carbonyl (C=O) groups is 3. The summed E-state index contributed by atoms with van der Waals surface area (Å²) < 4.78 is 1.88. The zero-order chi connectivity index (χ0) is 22.9. The van der Waals surface area contributed by atoms with Crippen LogP contribution in [0.5, 0.6) is 0 Å². The molecule has 2 saturated heterocycles. The van der Waals surface area contributed by atoms with Gasteiger partial charge >= 0.3 is 0 Å². The Balaban J connectivity index is 1.14. The zero-order valence-electron chi connectivity index (χ0n) is 18.3. The van der Waals surface area contributed by atoms with E-state index in [-0.39, 0.29) is 24.1 Å². The van der Waals surface area contributed by atoms with Gasteiger partial charge in [-0.05, 0) is 25.0 Å². The van der Waals surface area contributed by atoms with Crippen LogP contribution in [0.25, 0.3) is 0 Å². The average Bonchev–Trinajstić information content (AvgIpc) is 3.37. The van der Waals surface area contributed by atoms with Crippen LogP contribution in [0.3, 0.4) is 0 Å². The summed E-state index contributed by atoms with van der Waals surface area (Å²) in [5.74, 6) is 1.77. The molecule has 9 heteroatoms. The molecule has 2 N–H and O–H groups in total. The number of nitrogens with one attached hydrogen (secondary N) is 2. The molecule has 2 fully saturated rings. The van der Waals surface area contributed by atoms with Crippen LogP contribution < -0.4 is 10.6 Å². The molecule has 1 aromatic heterocycles. The minimum Gasteiger partial charge on any atom is -0.379 e. The molecule has 3 aliphatic rings. The number of likely N-dealkylation sites (tertiary alicyclic amines) is 1. The number of aryl methyl sites for hydroxylation is 1. The Hall–Kier alpha value is -3.64. The lowest BCUT2D eigenvalue weighted by Crippen LogP contribution is -2.55. The standard InChI is InChI=1S/C24H26N6O3/c1-2-16-11-25-29(12-16)10-4-9-28-13-17(14-28)26-20-6-3-5-18-19(20)15-30(24(18)33)21-7-8-22(31)27-23(21)32/h1,3,5-6,11-12,17,21,26H,4,7-10,13-15H2,(H,27,31,32). The Labute approximate surface area is 192 Å². The van der Waals surface area contributed by atoms with E-state index in [0.717, 1.165) is 49.4 Å². The molecule has 2 aromatic rings. The van der Waals surface area contributed by atoms with Crippen molar-refractivity contribution in [2.45, 2.75) is 44.4 Å². The molecule has 9 nitrogen and oxygen atoms in total. The number of terminal acetylenes is 1. The van der Waals surface area contributed by atoms with Crippen molar-refractivity contribution in [2.75, 3.05) is 25.0 Å². The molecule has 1 atom stereocenters. The van der Waals surface area contributed by atoms with E-state index < -0.39 is 6.04 Å². The lowest BCUT2D eigenvalue weighted by molar-refractivity contribution is -0.136. The van der Waals surface area contributed by atoms with Crippen molar-refractivity contribution in [3.8, 4) is 12.3 Å². The number of piperidine rings is 1. The molecule has 0 spiro atoms. The minimum atomic E-state index is -0.596. The highest BCUT2D eigenvalue weighted by Crippen LogP contribution is 2.33. The quantitative estimate of drug-likeness (QED) is 0.483. The van der Waals surface area contributed by atoms with E-state index in [2.05, 4.69) is 26.6 Å². The van der Waals surface area contributed by atoms with Crippen LogP contribution in [0.15, 0.2) is 30.6 Å². The van der Waals surface area contributed by atoms with Crippen LogP contribution in [-0.2, 0) is 22.7 Å². The second kappa shape index (κ2) is 8.71. The molecular weight excluding hydrogens is 420 g/mol. The zero-order valence-corrected chi connectivity index (χ0v) is 18.3. The minimum absolute atomic E-state index is 0.148. The summed E-state index contributed by atoms with van der Waals surface area (Å²) in [7, 11) is 0. The predicted octanol–water partition coefficient (Wildman–Crippen LogP) is 0.812. The molecule has 0 saturated carbocycles. The first-order valence-electron chi connectivity index (χ1n) is 11.3. The van der Waals surface area contributed by atoms with Crippen LogP contribution in [0.4, 0.5) is 5.69 Å². The highest BCUT2D eigenvalue weighted by Gasteiger charge is 2.40. The summed E-state index contributed by atoms with van der Waals surface area (Å²) in [4.78, 5) is 40.7. The predicted molar refractivity (Wildman–Crippen MR) is 121 cm³/mol. The summed E-state index contributed by atoms with van der Waals surface area (Å²) in [6, 6.07) is 5.39. The molecule has 5 rings (SSSR count). The molecule has 3 amide bonds. The van der Waals surface area contributed by atoms with Gasteiger partial charge in [-0.15, -0.1) is 6.42 Å². The van der Waals surface area contributed by atoms with Gasteiger partial charge in [0.1, 0.15) is 6.04 Å². The van der Waals surface area contributed by atoms with Crippen molar-refractivity contribution in [1.29, 1.82) is 0 Å². The van der Waals surface area contributed by atoms with Gasteiger partial charge in [0.2, 0.25) is 11.8 Å². The van der Waals surface area contributed by atoms with Crippen molar-refractivity contribution in [3.63, 3.8) is 0 Å². The number of hydrogen-bond donors (Lipinski definition) is 2. The first-order chi connectivity index (χ1) is 16.0. The molecule has 170 valence electrons. The maximum Gasteiger partial charge on any atom is 0.255 e. The number of amides is 3. The third-order valence-electron chi connectivity index (χ3n) is 6.56. The van der Waals surface area contributed by atoms with Crippen molar-refractivity contribution in [2.24, 2.45) is 0 Å². The molecule has 0 aliphatic carbocycles. The smallest absolute Gasteiger partial charge is 0.255 e. The van der Waals surface area contributed by atoms with Crippen molar-refractivity contribution >= 4 is 23.4 Å². The monoisotopic (exact) mass is 446 g/mol. The lowest BCUT2D eigenvalue weighted by atomic mass is 10.0. The number of nitrogens with zero attached hydrogens (tertiary/aromatic N) is 4. The van der Waals surface area contributed by atoms with E-state index in [1.807, 2.05) is 29.1 Å². The third-order valence-corrected chi connectivity index (χ3v) is 6.56. The fourth-order valence-corrected chi connectivity index (χ4v) is 4.80. The van der Waals surface area contributed by atoms with Gasteiger partial charge < -0.3 is 10.2 Å². The Morgan fingerprint density at radius 2 is 2.06 bits per heavy atom. The number of hydrogen-bond acceptors (Lipinski definition) is 6. The van der Waals surface area contributed by atoms with Gasteiger partial charge in [0, 0.05) is 62.2 Å². The van der Waals surface area contributed by atoms with Crippen LogP contribution in [0.2, 0.25) is 0 Å². The van der Waals surface area contributed by atoms with E-state index in [1.54, 1.807) is 11.1 Å². The highest BCUT2D eigenvalue weighted by molar-refractivity contribution is 6.06. The van der Waals surface area contributed by atoms with E-state index in [0.29, 0.717) is 24.6 Å². The number of benzene rings is 1. The normalized spacial score (nSPS) is 20.9. The van der Waals surface area contributed by atoms with Gasteiger partial charge in [-0.25, -0.2) is 0 Å². The molecule has 33 heavy (non-hydrogen) atoms. The summed E-state index contributed by atoms with van der Waals surface area (Å²) in [6.45, 7) is 4.06. The van der Waals surface area contributed by atoms with Crippen molar-refractivity contribution in [1.82, 2.24) is 24.9 Å². The SMILES string of the molecule is C#Cc1cnn(CCCN2CC(Nc3cccc4c3CN(C3CCC(=O)NC3=O)C4=O)C2)c1. The van der Waals surface area contributed by atoms with Crippen LogP contribution >= 0.6 is 0 Å². The van der Waals surface area contributed by atoms with Gasteiger partial charge in [-0.1, -0.05) is 12.0 Å². The number of aromatic nitrogens is 2. The van der Waals surface area contributed by atoms with E-state index in [9.17, 15) is 14.4 Å². The largest absolute Gasteiger partial charge is 0.379 e. The van der Waals surface area contributed by atoms with Crippen LogP contribution in [-0.4, -0.2) is 69.0 Å². The number of anilines is 1. The molecule has 3 aliphatic heterocycles. The van der Waals surface area contributed by atoms with E-state index >= 15 is 0 Å². The maximum absolute atomic E-state index is 13.0. The lowest BCUT2D eigenvalue weighted by Gasteiger charge is -2.40. The number of rotatable bonds is 7. The first-order valence-corrected chi connectivity index (χ1v) is 11.3. The number of fused-ring (bicyclic) bond motifs is 1. The molecule has 0 bridgehead atoms. The molecular formula is C24H26N6O3. The Bertz CT molecular complexity index is 1140. The van der Waals surface area contributed by atoms with E-state index in [1.165, 1.54) is 0 Å². The molecule has 0 radical (unpaired) electrons. The van der Waals surface area contributed by atoms with Crippen molar-refractivity contribution in [3.05, 3.63) is 47.3 Å². The summed E-state index contributed by atoms with van der Waals surface area (Å²) >= 11 is 0. The topological polar surface area (TPSA) is 99.6 Å². The molecule has 1 aromatic carbocycles. The Kier molecular flexibility index (Phi) is 5.60. The summed E-state index contributed by atoms with van der Waals surface area (Å²) in [5, 5.41) is 10.2. The number of imide groups is 1. The highest BCUT2D eigenvalue weighted by atomic mass is 16.2. The van der Waals surface area contributed by atoms with Gasteiger partial charge in [0.25, 0.3) is 5.91 Å². The average molecular weight is 447 g/mol. The van der Waals surface area contributed by atoms with Crippen LogP contribution in [0, 0.1) is 12.3 Å². The Morgan fingerprint density at radius 1 is 1.21 bits per heavy atom. The summed E-state index contributed by atoms with van der Waals surface area (Å²) in [6.07, 6.45) is 10.6. The van der Waals surface area contributed by atoms with E-state index in [4.69, 9.17) is 6.42 Å². The van der Waals surface area contributed by atoms with Gasteiger partial charge in [0.15, 0.2) is 0 Å². The molecule has 1 unspecified atom stereocenters. The third kappa shape index (κ3) is 4.22. The first kappa shape index (κ1) is 21.2. The second-order valence-electron chi connectivity index (χ2n) is 8.82.